The van der Waals surface area contributed by atoms with Crippen LogP contribution < -0.4 is 20.3 Å². The highest BCUT2D eigenvalue weighted by molar-refractivity contribution is 8.00. The fourth-order valence-electron chi connectivity index (χ4n) is 2.22. The van der Waals surface area contributed by atoms with E-state index in [4.69, 9.17) is 14.2 Å². The largest absolute Gasteiger partial charge is 0.493 e. The predicted molar refractivity (Wildman–Crippen MR) is 108 cm³/mol. The molecule has 2 amide bonds. The van der Waals surface area contributed by atoms with Gasteiger partial charge in [-0.25, -0.2) is 0 Å². The molecule has 0 saturated heterocycles. The first-order chi connectivity index (χ1) is 13.9. The fourth-order valence-corrected chi connectivity index (χ4v) is 3.10. The Morgan fingerprint density at radius 2 is 1.66 bits per heavy atom. The van der Waals surface area contributed by atoms with Crippen molar-refractivity contribution in [3.8, 4) is 11.5 Å². The molecular formula is C20H22N2O6S. The van der Waals surface area contributed by atoms with Crippen molar-refractivity contribution in [2.75, 3.05) is 20.8 Å². The van der Waals surface area contributed by atoms with Crippen molar-refractivity contribution >= 4 is 29.5 Å². The van der Waals surface area contributed by atoms with E-state index in [2.05, 4.69) is 10.9 Å². The molecule has 2 N–H and O–H groups in total. The van der Waals surface area contributed by atoms with Crippen LogP contribution in [0.2, 0.25) is 0 Å². The van der Waals surface area contributed by atoms with Crippen LogP contribution in [0, 0.1) is 0 Å². The normalized spacial score (nSPS) is 11.1. The Labute approximate surface area is 172 Å². The number of amides is 2. The van der Waals surface area contributed by atoms with Crippen LogP contribution in [0.1, 0.15) is 17.3 Å². The molecule has 0 saturated carbocycles. The lowest BCUT2D eigenvalue weighted by Crippen LogP contribution is -2.43. The van der Waals surface area contributed by atoms with Crippen molar-refractivity contribution in [2.24, 2.45) is 0 Å². The van der Waals surface area contributed by atoms with Crippen molar-refractivity contribution in [3.63, 3.8) is 0 Å². The van der Waals surface area contributed by atoms with E-state index < -0.39 is 29.6 Å². The molecule has 0 aliphatic heterocycles. The molecule has 29 heavy (non-hydrogen) atoms. The van der Waals surface area contributed by atoms with Crippen LogP contribution in [0.3, 0.4) is 0 Å². The molecule has 2 aromatic rings. The van der Waals surface area contributed by atoms with Crippen LogP contribution in [-0.4, -0.2) is 43.9 Å². The number of hydrogen-bond donors (Lipinski definition) is 2. The number of nitrogens with one attached hydrogen (secondary N) is 2. The standard InChI is InChI=1S/C20H22N2O6S/c1-13(29-15-7-5-4-6-8-15)20(25)28-12-18(23)21-22-19(24)14-9-10-16(26-2)17(11-14)27-3/h4-11,13H,12H2,1-3H3,(H,21,23)(H,22,24). The van der Waals surface area contributed by atoms with E-state index >= 15 is 0 Å². The van der Waals surface area contributed by atoms with Gasteiger partial charge in [0, 0.05) is 10.5 Å². The molecule has 154 valence electrons. The molecule has 1 unspecified atom stereocenters. The molecule has 9 heteroatoms. The van der Waals surface area contributed by atoms with Crippen LogP contribution in [0.5, 0.6) is 11.5 Å². The van der Waals surface area contributed by atoms with Crippen molar-refractivity contribution in [2.45, 2.75) is 17.1 Å². The number of methoxy groups -OCH3 is 2. The van der Waals surface area contributed by atoms with Crippen LogP contribution >= 0.6 is 11.8 Å². The number of hydrazine groups is 1. The molecule has 0 radical (unpaired) electrons. The zero-order chi connectivity index (χ0) is 21.2. The van der Waals surface area contributed by atoms with Gasteiger partial charge in [-0.15, -0.1) is 11.8 Å². The van der Waals surface area contributed by atoms with Gasteiger partial charge < -0.3 is 14.2 Å². The maximum atomic E-state index is 12.1. The van der Waals surface area contributed by atoms with Crippen LogP contribution in [0.25, 0.3) is 0 Å². The Balaban J connectivity index is 1.77. The highest BCUT2D eigenvalue weighted by Gasteiger charge is 2.18. The summed E-state index contributed by atoms with van der Waals surface area (Å²) in [4.78, 5) is 36.9. The SMILES string of the molecule is COc1ccc(C(=O)NNC(=O)COC(=O)C(C)Sc2ccccc2)cc1OC. The van der Waals surface area contributed by atoms with Gasteiger partial charge in [0.05, 0.1) is 14.2 Å². The quantitative estimate of drug-likeness (QED) is 0.385. The summed E-state index contributed by atoms with van der Waals surface area (Å²) < 4.78 is 15.2. The first kappa shape index (κ1) is 22.1. The predicted octanol–water partition coefficient (Wildman–Crippen LogP) is 2.19. The van der Waals surface area contributed by atoms with Gasteiger partial charge in [-0.3, -0.25) is 25.2 Å². The lowest BCUT2D eigenvalue weighted by molar-refractivity contribution is -0.147. The lowest BCUT2D eigenvalue weighted by atomic mass is 10.2. The molecule has 0 aliphatic rings. The Kier molecular flexibility index (Phi) is 8.35. The smallest absolute Gasteiger partial charge is 0.319 e. The van der Waals surface area contributed by atoms with E-state index in [1.807, 2.05) is 30.3 Å². The summed E-state index contributed by atoms with van der Waals surface area (Å²) in [6, 6.07) is 13.9. The van der Waals surface area contributed by atoms with E-state index in [9.17, 15) is 14.4 Å². The number of carbonyl (C=O) groups excluding carboxylic acids is 3. The van der Waals surface area contributed by atoms with Gasteiger partial charge in [0.2, 0.25) is 0 Å². The first-order valence-electron chi connectivity index (χ1n) is 8.64. The summed E-state index contributed by atoms with van der Waals surface area (Å²) in [5.41, 5.74) is 4.70. The number of ether oxygens (including phenoxy) is 3. The molecule has 2 aromatic carbocycles. The van der Waals surface area contributed by atoms with Gasteiger partial charge in [-0.1, -0.05) is 18.2 Å². The molecule has 1 atom stereocenters. The fraction of sp³-hybridized carbons (Fsp3) is 0.250. The number of esters is 1. The third kappa shape index (κ3) is 6.72. The zero-order valence-electron chi connectivity index (χ0n) is 16.3. The summed E-state index contributed by atoms with van der Waals surface area (Å²) in [7, 11) is 2.94. The van der Waals surface area contributed by atoms with Crippen LogP contribution in [0.15, 0.2) is 53.4 Å². The first-order valence-corrected chi connectivity index (χ1v) is 9.52. The molecule has 0 bridgehead atoms. The van der Waals surface area contributed by atoms with Gasteiger partial charge >= 0.3 is 5.97 Å². The van der Waals surface area contributed by atoms with Crippen LogP contribution in [0.4, 0.5) is 0 Å². The minimum Gasteiger partial charge on any atom is -0.493 e. The van der Waals surface area contributed by atoms with E-state index in [0.29, 0.717) is 11.5 Å². The molecule has 2 rings (SSSR count). The minimum atomic E-state index is -0.663. The zero-order valence-corrected chi connectivity index (χ0v) is 17.1. The van der Waals surface area contributed by atoms with E-state index in [1.165, 1.54) is 38.1 Å². The second kappa shape index (κ2) is 11.0. The third-order valence-corrected chi connectivity index (χ3v) is 4.79. The van der Waals surface area contributed by atoms with Crippen molar-refractivity contribution in [1.29, 1.82) is 0 Å². The molecule has 0 fully saturated rings. The minimum absolute atomic E-state index is 0.257. The van der Waals surface area contributed by atoms with Crippen LogP contribution in [-0.2, 0) is 14.3 Å². The Hall–Kier alpha value is -3.20. The maximum absolute atomic E-state index is 12.1. The maximum Gasteiger partial charge on any atom is 0.319 e. The molecule has 0 aromatic heterocycles. The number of carbonyl (C=O) groups is 3. The van der Waals surface area contributed by atoms with E-state index in [0.717, 1.165) is 4.90 Å². The number of hydrogen-bond acceptors (Lipinski definition) is 7. The Bertz CT molecular complexity index is 859. The summed E-state index contributed by atoms with van der Waals surface area (Å²) in [6.07, 6.45) is 0. The molecule has 0 spiro atoms. The summed E-state index contributed by atoms with van der Waals surface area (Å²) in [5.74, 6) is -0.893. The second-order valence-electron chi connectivity index (χ2n) is 5.75. The van der Waals surface area contributed by atoms with Gasteiger partial charge in [0.25, 0.3) is 11.8 Å². The van der Waals surface area contributed by atoms with Crippen molar-refractivity contribution in [1.82, 2.24) is 10.9 Å². The average Bonchev–Trinajstić information content (AvgIpc) is 2.75. The van der Waals surface area contributed by atoms with Crippen molar-refractivity contribution < 1.29 is 28.6 Å². The summed E-state index contributed by atoms with van der Waals surface area (Å²) in [6.45, 7) is 1.18. The lowest BCUT2D eigenvalue weighted by Gasteiger charge is -2.12. The van der Waals surface area contributed by atoms with Gasteiger partial charge in [-0.2, -0.15) is 0 Å². The highest BCUT2D eigenvalue weighted by Crippen LogP contribution is 2.27. The van der Waals surface area contributed by atoms with Gasteiger partial charge in [0.15, 0.2) is 18.1 Å². The summed E-state index contributed by atoms with van der Waals surface area (Å²) in [5, 5.41) is -0.480. The van der Waals surface area contributed by atoms with Gasteiger partial charge in [-0.05, 0) is 37.3 Å². The molecule has 0 aliphatic carbocycles. The van der Waals surface area contributed by atoms with E-state index in [1.54, 1.807) is 13.0 Å². The number of thioether (sulfide) groups is 1. The Morgan fingerprint density at radius 3 is 2.31 bits per heavy atom. The van der Waals surface area contributed by atoms with E-state index in [-0.39, 0.29) is 5.56 Å². The molecule has 8 nitrogen and oxygen atoms in total. The molecular weight excluding hydrogens is 396 g/mol. The summed E-state index contributed by atoms with van der Waals surface area (Å²) >= 11 is 1.33. The Morgan fingerprint density at radius 1 is 0.966 bits per heavy atom. The van der Waals surface area contributed by atoms with Crippen molar-refractivity contribution in [3.05, 3.63) is 54.1 Å². The second-order valence-corrected chi connectivity index (χ2v) is 7.17. The average molecular weight is 418 g/mol. The third-order valence-electron chi connectivity index (χ3n) is 3.69. The number of rotatable bonds is 8. The molecule has 0 heterocycles. The van der Waals surface area contributed by atoms with Gasteiger partial charge in [0.1, 0.15) is 5.25 Å². The monoisotopic (exact) mass is 418 g/mol. The number of benzene rings is 2. The topological polar surface area (TPSA) is 103 Å². The highest BCUT2D eigenvalue weighted by atomic mass is 32.2.